The molecule has 1 amide bonds. The lowest BCUT2D eigenvalue weighted by Gasteiger charge is -2.31. The average Bonchev–Trinajstić information content (AvgIpc) is 3.36. The van der Waals surface area contributed by atoms with Crippen LogP contribution in [0, 0.1) is 6.92 Å². The molecule has 10 nitrogen and oxygen atoms in total. The Bertz CT molecular complexity index is 1320. The van der Waals surface area contributed by atoms with Crippen LogP contribution in [0.2, 0.25) is 0 Å². The van der Waals surface area contributed by atoms with Crippen molar-refractivity contribution in [1.82, 2.24) is 19.7 Å². The standard InChI is InChI=1S/C22H22F3N7O3/c1-12-10-31-11-16(14(22(23,24)25)9-17(31)29-12)32-18(35-21(34)19(26)33)8-13-15(2-3-28-20(13)32)30-6-4-27-5-7-30/h2-3,9-11,18,27H,4-8H2,1H3,(H2,26,33). The van der Waals surface area contributed by atoms with E-state index in [1.165, 1.54) is 21.7 Å². The fraction of sp³-hybridized carbons (Fsp3) is 0.364. The van der Waals surface area contributed by atoms with E-state index in [1.807, 2.05) is 0 Å². The number of nitrogens with zero attached hydrogens (tertiary/aromatic N) is 5. The van der Waals surface area contributed by atoms with Crippen molar-refractivity contribution in [2.24, 2.45) is 5.73 Å². The third kappa shape index (κ3) is 4.11. The summed E-state index contributed by atoms with van der Waals surface area (Å²) in [4.78, 5) is 35.3. The minimum Gasteiger partial charge on any atom is -0.434 e. The molecule has 3 N–H and O–H groups in total. The van der Waals surface area contributed by atoms with Crippen LogP contribution in [0.1, 0.15) is 16.8 Å². The topological polar surface area (TPSA) is 118 Å². The highest BCUT2D eigenvalue weighted by Gasteiger charge is 2.43. The molecule has 35 heavy (non-hydrogen) atoms. The number of amides is 1. The number of hydrogen-bond donors (Lipinski definition) is 2. The van der Waals surface area contributed by atoms with Crippen molar-refractivity contribution in [3.05, 3.63) is 47.5 Å². The van der Waals surface area contributed by atoms with Crippen LogP contribution < -0.4 is 20.9 Å². The van der Waals surface area contributed by atoms with Gasteiger partial charge < -0.3 is 25.1 Å². The summed E-state index contributed by atoms with van der Waals surface area (Å²) in [6, 6.07) is 2.72. The summed E-state index contributed by atoms with van der Waals surface area (Å²) < 4.78 is 49.4. The molecule has 1 atom stereocenters. The first-order chi connectivity index (χ1) is 16.6. The fourth-order valence-electron chi connectivity index (χ4n) is 4.59. The summed E-state index contributed by atoms with van der Waals surface area (Å²) in [5, 5.41) is 3.26. The van der Waals surface area contributed by atoms with Crippen molar-refractivity contribution in [1.29, 1.82) is 0 Å². The Balaban J connectivity index is 1.69. The van der Waals surface area contributed by atoms with E-state index < -0.39 is 29.8 Å². The molecule has 0 saturated carbocycles. The molecule has 13 heteroatoms. The van der Waals surface area contributed by atoms with Gasteiger partial charge in [-0.15, -0.1) is 0 Å². The minimum atomic E-state index is -4.74. The molecule has 3 aromatic rings. The van der Waals surface area contributed by atoms with Crippen molar-refractivity contribution in [3.63, 3.8) is 0 Å². The number of anilines is 3. The number of nitrogens with two attached hydrogens (primary N) is 1. The zero-order chi connectivity index (χ0) is 24.9. The largest absolute Gasteiger partial charge is 0.434 e. The quantitative estimate of drug-likeness (QED) is 0.420. The van der Waals surface area contributed by atoms with Crippen molar-refractivity contribution >= 4 is 34.7 Å². The molecule has 0 bridgehead atoms. The van der Waals surface area contributed by atoms with Gasteiger partial charge in [-0.1, -0.05) is 0 Å². The van der Waals surface area contributed by atoms with Crippen LogP contribution in [0.25, 0.3) is 5.65 Å². The normalized spacial score (nSPS) is 18.1. The number of aryl methyl sites for hydroxylation is 1. The van der Waals surface area contributed by atoms with Gasteiger partial charge in [0.1, 0.15) is 11.5 Å². The second-order valence-corrected chi connectivity index (χ2v) is 8.39. The summed E-state index contributed by atoms with van der Waals surface area (Å²) in [5.74, 6) is -2.47. The minimum absolute atomic E-state index is 0.0275. The number of primary amides is 1. The number of pyridine rings is 2. The van der Waals surface area contributed by atoms with Gasteiger partial charge in [0.05, 0.1) is 16.9 Å². The zero-order valence-corrected chi connectivity index (χ0v) is 18.7. The van der Waals surface area contributed by atoms with Gasteiger partial charge in [-0.25, -0.2) is 14.8 Å². The van der Waals surface area contributed by atoms with Gasteiger partial charge >= 0.3 is 18.1 Å². The number of carbonyl (C=O) groups excluding carboxylic acids is 2. The number of halogens is 3. The highest BCUT2D eigenvalue weighted by molar-refractivity contribution is 6.31. The van der Waals surface area contributed by atoms with Crippen LogP contribution in [0.15, 0.2) is 30.7 Å². The Kier molecular flexibility index (Phi) is 5.50. The van der Waals surface area contributed by atoms with Gasteiger partial charge in [-0.3, -0.25) is 9.69 Å². The Labute approximate surface area is 197 Å². The number of rotatable bonds is 3. The van der Waals surface area contributed by atoms with Gasteiger partial charge in [0, 0.05) is 62.4 Å². The molecule has 0 spiro atoms. The van der Waals surface area contributed by atoms with E-state index in [1.54, 1.807) is 19.2 Å². The molecular formula is C22H22F3N7O3. The molecule has 2 aliphatic rings. The van der Waals surface area contributed by atoms with Crippen LogP contribution in [0.3, 0.4) is 0 Å². The van der Waals surface area contributed by atoms with Gasteiger partial charge in [0.2, 0.25) is 0 Å². The van der Waals surface area contributed by atoms with E-state index in [2.05, 4.69) is 20.2 Å². The van der Waals surface area contributed by atoms with Crippen LogP contribution in [-0.2, 0) is 26.9 Å². The summed E-state index contributed by atoms with van der Waals surface area (Å²) in [6.45, 7) is 4.54. The van der Waals surface area contributed by atoms with Crippen LogP contribution in [0.5, 0.6) is 0 Å². The highest BCUT2D eigenvalue weighted by Crippen LogP contribution is 2.46. The van der Waals surface area contributed by atoms with E-state index >= 15 is 0 Å². The van der Waals surface area contributed by atoms with Gasteiger partial charge in [-0.2, -0.15) is 13.2 Å². The molecule has 0 aromatic carbocycles. The van der Waals surface area contributed by atoms with Crippen molar-refractivity contribution in [2.75, 3.05) is 36.0 Å². The lowest BCUT2D eigenvalue weighted by Crippen LogP contribution is -2.43. The number of aromatic nitrogens is 3. The van der Waals surface area contributed by atoms with Gasteiger partial charge in [-0.05, 0) is 19.1 Å². The van der Waals surface area contributed by atoms with E-state index in [4.69, 9.17) is 10.5 Å². The number of nitrogens with one attached hydrogen (secondary N) is 1. The SMILES string of the molecule is Cc1cn2cc(N3c4nccc(N5CCNCC5)c4CC3OC(=O)C(N)=O)c(C(F)(F)F)cc2n1. The summed E-state index contributed by atoms with van der Waals surface area (Å²) in [6.07, 6.45) is -1.60. The van der Waals surface area contributed by atoms with Crippen LogP contribution in [-0.4, -0.2) is 58.7 Å². The lowest BCUT2D eigenvalue weighted by atomic mass is 10.1. The van der Waals surface area contributed by atoms with E-state index in [0.29, 0.717) is 24.3 Å². The molecule has 2 aliphatic heterocycles. The van der Waals surface area contributed by atoms with Gasteiger partial charge in [0.15, 0.2) is 6.23 Å². The Hall–Kier alpha value is -3.87. The molecule has 1 unspecified atom stereocenters. The molecule has 1 saturated heterocycles. The first kappa shape index (κ1) is 22.9. The maximum atomic E-state index is 14.2. The number of alkyl halides is 3. The van der Waals surface area contributed by atoms with E-state index in [-0.39, 0.29) is 23.6 Å². The maximum absolute atomic E-state index is 14.2. The Morgan fingerprint density at radius 1 is 1.20 bits per heavy atom. The lowest BCUT2D eigenvalue weighted by molar-refractivity contribution is -0.157. The molecule has 0 radical (unpaired) electrons. The first-order valence-corrected chi connectivity index (χ1v) is 10.9. The van der Waals surface area contributed by atoms with Crippen molar-refractivity contribution in [3.8, 4) is 0 Å². The number of imidazole rings is 1. The number of ether oxygens (including phenoxy) is 1. The van der Waals surface area contributed by atoms with E-state index in [0.717, 1.165) is 24.8 Å². The predicted molar refractivity (Wildman–Crippen MR) is 119 cm³/mol. The third-order valence-electron chi connectivity index (χ3n) is 6.06. The fourth-order valence-corrected chi connectivity index (χ4v) is 4.59. The number of piperazine rings is 1. The Morgan fingerprint density at radius 2 is 1.94 bits per heavy atom. The third-order valence-corrected chi connectivity index (χ3v) is 6.06. The summed E-state index contributed by atoms with van der Waals surface area (Å²) in [5.41, 5.74) is 5.87. The monoisotopic (exact) mass is 489 g/mol. The smallest absolute Gasteiger partial charge is 0.418 e. The van der Waals surface area contributed by atoms with Gasteiger partial charge in [0.25, 0.3) is 0 Å². The molecule has 0 aliphatic carbocycles. The number of carbonyl (C=O) groups is 2. The predicted octanol–water partition coefficient (Wildman–Crippen LogP) is 1.51. The van der Waals surface area contributed by atoms with Crippen molar-refractivity contribution in [2.45, 2.75) is 25.7 Å². The Morgan fingerprint density at radius 3 is 2.63 bits per heavy atom. The zero-order valence-electron chi connectivity index (χ0n) is 18.7. The average molecular weight is 489 g/mol. The second-order valence-electron chi connectivity index (χ2n) is 8.39. The van der Waals surface area contributed by atoms with Crippen LogP contribution in [0.4, 0.5) is 30.4 Å². The maximum Gasteiger partial charge on any atom is 0.418 e. The highest BCUT2D eigenvalue weighted by atomic mass is 19.4. The number of hydrogen-bond acceptors (Lipinski definition) is 8. The number of fused-ring (bicyclic) bond motifs is 2. The van der Waals surface area contributed by atoms with E-state index in [9.17, 15) is 22.8 Å². The summed E-state index contributed by atoms with van der Waals surface area (Å²) >= 11 is 0. The van der Waals surface area contributed by atoms with Crippen molar-refractivity contribution < 1.29 is 27.5 Å². The molecular weight excluding hydrogens is 467 g/mol. The molecule has 5 heterocycles. The summed E-state index contributed by atoms with van der Waals surface area (Å²) in [7, 11) is 0. The number of esters is 1. The molecule has 184 valence electrons. The first-order valence-electron chi connectivity index (χ1n) is 10.9. The molecule has 3 aromatic heterocycles. The van der Waals surface area contributed by atoms with Crippen LogP contribution >= 0.6 is 0 Å². The second kappa shape index (κ2) is 8.41. The molecule has 5 rings (SSSR count). The molecule has 1 fully saturated rings.